The van der Waals surface area contributed by atoms with Gasteiger partial charge in [-0.05, 0) is 37.1 Å². The highest BCUT2D eigenvalue weighted by Gasteiger charge is 2.26. The standard InChI is InChI=1S/C16H24N2O2.ClH/c1-3-10-18(15-8-9-17-11-15)16(19)14-6-4-13(5-7-14)12-20-2;/h4-7,15,17H,3,8-12H2,1-2H3;1H. The largest absolute Gasteiger partial charge is 0.380 e. The summed E-state index contributed by atoms with van der Waals surface area (Å²) in [6.45, 7) is 5.44. The van der Waals surface area contributed by atoms with Crippen LogP contribution in [0, 0.1) is 0 Å². The van der Waals surface area contributed by atoms with Crippen molar-refractivity contribution in [3.63, 3.8) is 0 Å². The Bertz CT molecular complexity index is 430. The first-order valence-electron chi connectivity index (χ1n) is 7.35. The number of hydrogen-bond donors (Lipinski definition) is 1. The molecule has 118 valence electrons. The molecule has 1 aliphatic rings. The maximum Gasteiger partial charge on any atom is 0.254 e. The molecule has 0 radical (unpaired) electrons. The fourth-order valence-corrected chi connectivity index (χ4v) is 2.67. The van der Waals surface area contributed by atoms with Crippen molar-refractivity contribution in [2.45, 2.75) is 32.4 Å². The number of nitrogens with zero attached hydrogens (tertiary/aromatic N) is 1. The molecule has 5 heteroatoms. The average Bonchev–Trinajstić information content (AvgIpc) is 2.99. The first-order chi connectivity index (χ1) is 9.76. The topological polar surface area (TPSA) is 41.6 Å². The number of halogens is 1. The predicted octanol–water partition coefficient (Wildman–Crippen LogP) is 2.47. The van der Waals surface area contributed by atoms with Crippen molar-refractivity contribution in [1.82, 2.24) is 10.2 Å². The molecule has 1 atom stereocenters. The van der Waals surface area contributed by atoms with Gasteiger partial charge < -0.3 is 15.0 Å². The van der Waals surface area contributed by atoms with Gasteiger partial charge in [-0.25, -0.2) is 0 Å². The highest BCUT2D eigenvalue weighted by atomic mass is 35.5. The van der Waals surface area contributed by atoms with E-state index < -0.39 is 0 Å². The second-order valence-electron chi connectivity index (χ2n) is 5.28. The molecule has 0 aromatic heterocycles. The number of amides is 1. The molecule has 2 rings (SSSR count). The second kappa shape index (κ2) is 9.03. The van der Waals surface area contributed by atoms with E-state index in [9.17, 15) is 4.79 Å². The lowest BCUT2D eigenvalue weighted by Gasteiger charge is -2.28. The molecule has 1 aromatic carbocycles. The Balaban J connectivity index is 0.00000220. The number of benzene rings is 1. The van der Waals surface area contributed by atoms with Crippen LogP contribution < -0.4 is 5.32 Å². The van der Waals surface area contributed by atoms with Gasteiger partial charge in [0.1, 0.15) is 0 Å². The first-order valence-corrected chi connectivity index (χ1v) is 7.35. The van der Waals surface area contributed by atoms with Crippen LogP contribution >= 0.6 is 12.4 Å². The molecule has 0 aliphatic carbocycles. The van der Waals surface area contributed by atoms with Gasteiger partial charge in [-0.1, -0.05) is 19.1 Å². The summed E-state index contributed by atoms with van der Waals surface area (Å²) in [6.07, 6.45) is 2.04. The van der Waals surface area contributed by atoms with Crippen molar-refractivity contribution in [1.29, 1.82) is 0 Å². The highest BCUT2D eigenvalue weighted by Crippen LogP contribution is 2.15. The summed E-state index contributed by atoms with van der Waals surface area (Å²) in [5, 5.41) is 3.33. The minimum absolute atomic E-state index is 0. The molecule has 1 saturated heterocycles. The van der Waals surface area contributed by atoms with Crippen LogP contribution in [0.25, 0.3) is 0 Å². The average molecular weight is 313 g/mol. The van der Waals surface area contributed by atoms with Crippen LogP contribution in [-0.2, 0) is 11.3 Å². The third-order valence-corrected chi connectivity index (χ3v) is 3.71. The van der Waals surface area contributed by atoms with Crippen molar-refractivity contribution >= 4 is 18.3 Å². The zero-order valence-corrected chi connectivity index (χ0v) is 13.6. The molecule has 0 bridgehead atoms. The van der Waals surface area contributed by atoms with E-state index >= 15 is 0 Å². The summed E-state index contributed by atoms with van der Waals surface area (Å²) in [5.41, 5.74) is 1.86. The molecule has 1 amide bonds. The van der Waals surface area contributed by atoms with Crippen LogP contribution in [0.15, 0.2) is 24.3 Å². The van der Waals surface area contributed by atoms with E-state index in [-0.39, 0.29) is 18.3 Å². The fraction of sp³-hybridized carbons (Fsp3) is 0.562. The zero-order valence-electron chi connectivity index (χ0n) is 12.8. The van der Waals surface area contributed by atoms with Gasteiger partial charge in [0, 0.05) is 31.8 Å². The second-order valence-corrected chi connectivity index (χ2v) is 5.28. The summed E-state index contributed by atoms with van der Waals surface area (Å²) in [6, 6.07) is 8.08. The molecule has 1 heterocycles. The number of ether oxygens (including phenoxy) is 1. The number of carbonyl (C=O) groups excluding carboxylic acids is 1. The fourth-order valence-electron chi connectivity index (χ4n) is 2.67. The molecule has 1 aromatic rings. The van der Waals surface area contributed by atoms with Crippen LogP contribution in [0.3, 0.4) is 0 Å². The molecule has 21 heavy (non-hydrogen) atoms. The van der Waals surface area contributed by atoms with Crippen LogP contribution in [0.4, 0.5) is 0 Å². The Hall–Kier alpha value is -1.10. The molecule has 0 spiro atoms. The summed E-state index contributed by atoms with van der Waals surface area (Å²) >= 11 is 0. The van der Waals surface area contributed by atoms with Gasteiger partial charge in [0.05, 0.1) is 6.61 Å². The number of nitrogens with one attached hydrogen (secondary N) is 1. The maximum atomic E-state index is 12.7. The Kier molecular flexibility index (Phi) is 7.72. The van der Waals surface area contributed by atoms with Crippen molar-refractivity contribution in [3.8, 4) is 0 Å². The minimum Gasteiger partial charge on any atom is -0.380 e. The lowest BCUT2D eigenvalue weighted by molar-refractivity contribution is 0.0692. The van der Waals surface area contributed by atoms with E-state index in [2.05, 4.69) is 12.2 Å². The Labute approximate surface area is 133 Å². The number of carbonyl (C=O) groups is 1. The van der Waals surface area contributed by atoms with E-state index in [0.29, 0.717) is 12.6 Å². The maximum absolute atomic E-state index is 12.7. The number of methoxy groups -OCH3 is 1. The van der Waals surface area contributed by atoms with E-state index in [1.807, 2.05) is 29.2 Å². The van der Waals surface area contributed by atoms with Gasteiger partial charge in [-0.2, -0.15) is 0 Å². The molecule has 1 unspecified atom stereocenters. The van der Waals surface area contributed by atoms with Crippen molar-refractivity contribution in [2.24, 2.45) is 0 Å². The van der Waals surface area contributed by atoms with Gasteiger partial charge in [0.25, 0.3) is 5.91 Å². The van der Waals surface area contributed by atoms with E-state index in [4.69, 9.17) is 4.74 Å². The van der Waals surface area contributed by atoms with Gasteiger partial charge in [-0.3, -0.25) is 4.79 Å². The Morgan fingerprint density at radius 2 is 2.10 bits per heavy atom. The summed E-state index contributed by atoms with van der Waals surface area (Å²) in [4.78, 5) is 14.7. The summed E-state index contributed by atoms with van der Waals surface area (Å²) in [5.74, 6) is 0.143. The van der Waals surface area contributed by atoms with E-state index in [1.165, 1.54) is 0 Å². The van der Waals surface area contributed by atoms with E-state index in [1.54, 1.807) is 7.11 Å². The van der Waals surface area contributed by atoms with Gasteiger partial charge in [0.2, 0.25) is 0 Å². The highest BCUT2D eigenvalue weighted by molar-refractivity contribution is 5.94. The molecule has 1 N–H and O–H groups in total. The van der Waals surface area contributed by atoms with Gasteiger partial charge in [0.15, 0.2) is 0 Å². The molecule has 0 saturated carbocycles. The number of hydrogen-bond acceptors (Lipinski definition) is 3. The van der Waals surface area contributed by atoms with Crippen LogP contribution in [0.2, 0.25) is 0 Å². The minimum atomic E-state index is 0. The molecular formula is C16H25ClN2O2. The van der Waals surface area contributed by atoms with Crippen molar-refractivity contribution < 1.29 is 9.53 Å². The molecule has 4 nitrogen and oxygen atoms in total. The zero-order chi connectivity index (χ0) is 14.4. The third-order valence-electron chi connectivity index (χ3n) is 3.71. The lowest BCUT2D eigenvalue weighted by Crippen LogP contribution is -2.42. The molecular weight excluding hydrogens is 288 g/mol. The monoisotopic (exact) mass is 312 g/mol. The summed E-state index contributed by atoms with van der Waals surface area (Å²) in [7, 11) is 1.68. The molecule has 1 aliphatic heterocycles. The smallest absolute Gasteiger partial charge is 0.254 e. The normalized spacial score (nSPS) is 17.3. The molecule has 1 fully saturated rings. The SMILES string of the molecule is CCCN(C(=O)c1ccc(COC)cc1)C1CCNC1.Cl. The van der Waals surface area contributed by atoms with E-state index in [0.717, 1.165) is 43.6 Å². The van der Waals surface area contributed by atoms with Crippen molar-refractivity contribution in [3.05, 3.63) is 35.4 Å². The summed E-state index contributed by atoms with van der Waals surface area (Å²) < 4.78 is 5.09. The lowest BCUT2D eigenvalue weighted by atomic mass is 10.1. The third kappa shape index (κ3) is 4.70. The Morgan fingerprint density at radius 1 is 1.38 bits per heavy atom. The quantitative estimate of drug-likeness (QED) is 0.877. The predicted molar refractivity (Wildman–Crippen MR) is 87.0 cm³/mol. The van der Waals surface area contributed by atoms with Crippen LogP contribution in [0.5, 0.6) is 0 Å². The van der Waals surface area contributed by atoms with Gasteiger partial charge in [-0.15, -0.1) is 12.4 Å². The number of rotatable bonds is 6. The Morgan fingerprint density at radius 3 is 2.62 bits per heavy atom. The first kappa shape index (κ1) is 18.0. The van der Waals surface area contributed by atoms with Crippen LogP contribution in [0.1, 0.15) is 35.7 Å². The van der Waals surface area contributed by atoms with Gasteiger partial charge >= 0.3 is 0 Å². The van der Waals surface area contributed by atoms with Crippen LogP contribution in [-0.4, -0.2) is 43.6 Å². The van der Waals surface area contributed by atoms with Crippen molar-refractivity contribution in [2.75, 3.05) is 26.7 Å².